The lowest BCUT2D eigenvalue weighted by Crippen LogP contribution is -2.62. The van der Waals surface area contributed by atoms with Gasteiger partial charge in [-0.05, 0) is 60.8 Å². The minimum atomic E-state index is -3.26. The molecule has 0 atom stereocenters. The molecule has 9 nitrogen and oxygen atoms in total. The monoisotopic (exact) mass is 462 g/mol. The molecule has 2 rings (SSSR count). The van der Waals surface area contributed by atoms with Crippen LogP contribution in [0.3, 0.4) is 0 Å². The number of carboxylic acid groups (broad SMARTS) is 4. The van der Waals surface area contributed by atoms with E-state index in [2.05, 4.69) is 0 Å². The number of rotatable bonds is 8. The fourth-order valence-corrected chi connectivity index (χ4v) is 11.1. The SMILES string of the molecule is C[Si](C)(C)O[Si](C)(c1ccc(C(=O)O)c(C(=O)O)c1)c1ccc(C(=O)O)c(C(=O)O)c1. The Hall–Kier alpha value is -3.29. The summed E-state index contributed by atoms with van der Waals surface area (Å²) in [6, 6.07) is 7.78. The van der Waals surface area contributed by atoms with Crippen LogP contribution in [0.1, 0.15) is 41.4 Å². The van der Waals surface area contributed by atoms with Gasteiger partial charge in [-0.1, -0.05) is 12.1 Å². The Morgan fingerprint density at radius 2 is 0.935 bits per heavy atom. The summed E-state index contributed by atoms with van der Waals surface area (Å²) in [5, 5.41) is 38.4. The normalized spacial score (nSPS) is 11.7. The number of aromatic carboxylic acids is 4. The largest absolute Gasteiger partial charge is 0.478 e. The topological polar surface area (TPSA) is 158 Å². The molecule has 0 heterocycles. The molecule has 0 bridgehead atoms. The average Bonchev–Trinajstić information content (AvgIpc) is 2.65. The molecule has 0 aliphatic heterocycles. The van der Waals surface area contributed by atoms with Gasteiger partial charge in [-0.2, -0.15) is 0 Å². The smallest absolute Gasteiger partial charge is 0.336 e. The van der Waals surface area contributed by atoms with Crippen LogP contribution in [-0.4, -0.2) is 60.9 Å². The second-order valence-corrected chi connectivity index (χ2v) is 16.3. The molecule has 2 aromatic carbocycles. The first-order valence-corrected chi connectivity index (χ1v) is 14.9. The standard InChI is InChI=1S/C20H22O9Si2/c1-30(2,3)29-31(4,11-5-7-13(17(21)22)15(9-11)19(25)26)12-6-8-14(18(23)24)16(10-12)20(27)28/h5-10H,1-4H3,(H,21,22)(H,23,24)(H,25,26)(H,27,28). The summed E-state index contributed by atoms with van der Waals surface area (Å²) in [5.41, 5.74) is -1.59. The lowest BCUT2D eigenvalue weighted by Gasteiger charge is -2.35. The van der Waals surface area contributed by atoms with E-state index in [1.165, 1.54) is 36.4 Å². The van der Waals surface area contributed by atoms with Crippen molar-refractivity contribution in [3.63, 3.8) is 0 Å². The van der Waals surface area contributed by atoms with Crippen molar-refractivity contribution in [2.24, 2.45) is 0 Å². The molecular weight excluding hydrogens is 440 g/mol. The highest BCUT2D eigenvalue weighted by atomic mass is 28.4. The van der Waals surface area contributed by atoms with Gasteiger partial charge in [0.1, 0.15) is 0 Å². The fraction of sp³-hybridized carbons (Fsp3) is 0.200. The highest BCUT2D eigenvalue weighted by molar-refractivity contribution is 7.01. The summed E-state index contributed by atoms with van der Waals surface area (Å²) in [7, 11) is -5.54. The van der Waals surface area contributed by atoms with E-state index in [1.807, 2.05) is 19.6 Å². The van der Waals surface area contributed by atoms with Crippen LogP contribution in [0.5, 0.6) is 0 Å². The highest BCUT2D eigenvalue weighted by Gasteiger charge is 2.40. The molecule has 31 heavy (non-hydrogen) atoms. The van der Waals surface area contributed by atoms with Crippen molar-refractivity contribution in [3.05, 3.63) is 58.7 Å². The number of hydrogen-bond acceptors (Lipinski definition) is 5. The zero-order chi connectivity index (χ0) is 23.7. The minimum absolute atomic E-state index is 0.381. The summed E-state index contributed by atoms with van der Waals surface area (Å²) in [6.07, 6.45) is 0. The number of benzene rings is 2. The van der Waals surface area contributed by atoms with Crippen LogP contribution >= 0.6 is 0 Å². The second-order valence-electron chi connectivity index (χ2n) is 7.99. The first-order chi connectivity index (χ1) is 14.2. The summed E-state index contributed by atoms with van der Waals surface area (Å²) in [6.45, 7) is 7.47. The molecule has 0 aliphatic carbocycles. The molecule has 0 aromatic heterocycles. The third-order valence-electron chi connectivity index (χ3n) is 4.57. The predicted molar refractivity (Wildman–Crippen MR) is 116 cm³/mol. The predicted octanol–water partition coefficient (Wildman–Crippen LogP) is 2.02. The number of hydrogen-bond donors (Lipinski definition) is 4. The van der Waals surface area contributed by atoms with E-state index in [4.69, 9.17) is 4.12 Å². The molecule has 0 unspecified atom stereocenters. The van der Waals surface area contributed by atoms with Crippen molar-refractivity contribution in [1.29, 1.82) is 0 Å². The van der Waals surface area contributed by atoms with Crippen molar-refractivity contribution < 1.29 is 43.7 Å². The number of carbonyl (C=O) groups is 4. The summed E-state index contributed by atoms with van der Waals surface area (Å²) >= 11 is 0. The molecule has 164 valence electrons. The first-order valence-electron chi connectivity index (χ1n) is 9.10. The van der Waals surface area contributed by atoms with E-state index in [1.54, 1.807) is 6.55 Å². The van der Waals surface area contributed by atoms with E-state index in [0.717, 1.165) is 0 Å². The van der Waals surface area contributed by atoms with Gasteiger partial charge in [0.15, 0.2) is 8.32 Å². The van der Waals surface area contributed by atoms with Gasteiger partial charge < -0.3 is 24.5 Å². The number of carboxylic acids is 4. The van der Waals surface area contributed by atoms with Crippen LogP contribution < -0.4 is 10.4 Å². The molecular formula is C20H22O9Si2. The molecule has 0 radical (unpaired) electrons. The molecule has 0 aliphatic rings. The van der Waals surface area contributed by atoms with Crippen molar-refractivity contribution in [1.82, 2.24) is 0 Å². The lowest BCUT2D eigenvalue weighted by atomic mass is 10.1. The van der Waals surface area contributed by atoms with Gasteiger partial charge in [0, 0.05) is 0 Å². The van der Waals surface area contributed by atoms with E-state index in [0.29, 0.717) is 10.4 Å². The van der Waals surface area contributed by atoms with Gasteiger partial charge in [-0.3, -0.25) is 0 Å². The first kappa shape index (κ1) is 24.0. The summed E-state index contributed by atoms with van der Waals surface area (Å²) < 4.78 is 6.46. The van der Waals surface area contributed by atoms with Gasteiger partial charge in [-0.15, -0.1) is 0 Å². The molecule has 0 fully saturated rings. The highest BCUT2D eigenvalue weighted by Crippen LogP contribution is 2.19. The summed E-state index contributed by atoms with van der Waals surface area (Å²) in [5.74, 6) is -5.62. The maximum Gasteiger partial charge on any atom is 0.336 e. The van der Waals surface area contributed by atoms with Gasteiger partial charge >= 0.3 is 23.9 Å². The van der Waals surface area contributed by atoms with Gasteiger partial charge in [0.25, 0.3) is 0 Å². The summed E-state index contributed by atoms with van der Waals surface area (Å²) in [4.78, 5) is 46.2. The van der Waals surface area contributed by atoms with Gasteiger partial charge in [0.05, 0.1) is 22.3 Å². The zero-order valence-electron chi connectivity index (χ0n) is 17.3. The molecule has 0 saturated heterocycles. The van der Waals surface area contributed by atoms with Crippen molar-refractivity contribution >= 4 is 50.9 Å². The third-order valence-corrected chi connectivity index (χ3v) is 11.5. The Labute approximate surface area is 179 Å². The van der Waals surface area contributed by atoms with Gasteiger partial charge in [0.2, 0.25) is 8.32 Å². The molecule has 0 amide bonds. The Morgan fingerprint density at radius 1 is 0.613 bits per heavy atom. The molecule has 0 spiro atoms. The van der Waals surface area contributed by atoms with Crippen LogP contribution in [0.2, 0.25) is 26.2 Å². The van der Waals surface area contributed by atoms with Crippen molar-refractivity contribution in [2.75, 3.05) is 0 Å². The average molecular weight is 463 g/mol. The quantitative estimate of drug-likeness (QED) is 0.431. The fourth-order valence-electron chi connectivity index (χ4n) is 3.31. The maximum atomic E-state index is 11.7. The van der Waals surface area contributed by atoms with E-state index in [-0.39, 0.29) is 11.1 Å². The van der Waals surface area contributed by atoms with Crippen LogP contribution in [0, 0.1) is 0 Å². The molecule has 11 heteroatoms. The third kappa shape index (κ3) is 5.07. The Bertz CT molecular complexity index is 1010. The van der Waals surface area contributed by atoms with Gasteiger partial charge in [-0.25, -0.2) is 19.2 Å². The van der Waals surface area contributed by atoms with Crippen LogP contribution in [0.15, 0.2) is 36.4 Å². The Kier molecular flexibility index (Phi) is 6.54. The van der Waals surface area contributed by atoms with Crippen molar-refractivity contribution in [3.8, 4) is 0 Å². The van der Waals surface area contributed by atoms with E-state index < -0.39 is 51.6 Å². The second kappa shape index (κ2) is 8.45. The Morgan fingerprint density at radius 3 is 1.19 bits per heavy atom. The van der Waals surface area contributed by atoms with Crippen LogP contribution in [-0.2, 0) is 4.12 Å². The molecule has 2 aromatic rings. The lowest BCUT2D eigenvalue weighted by molar-refractivity contribution is 0.0651. The molecule has 4 N–H and O–H groups in total. The van der Waals surface area contributed by atoms with Crippen molar-refractivity contribution in [2.45, 2.75) is 26.2 Å². The molecule has 0 saturated carbocycles. The maximum absolute atomic E-state index is 11.7. The minimum Gasteiger partial charge on any atom is -0.478 e. The van der Waals surface area contributed by atoms with Crippen LogP contribution in [0.25, 0.3) is 0 Å². The van der Waals surface area contributed by atoms with Crippen LogP contribution in [0.4, 0.5) is 0 Å². The van der Waals surface area contributed by atoms with E-state index in [9.17, 15) is 39.6 Å². The Balaban J connectivity index is 2.83. The van der Waals surface area contributed by atoms with E-state index >= 15 is 0 Å². The zero-order valence-corrected chi connectivity index (χ0v) is 19.3.